The summed E-state index contributed by atoms with van der Waals surface area (Å²) in [6.45, 7) is 0.920. The molecule has 20 heavy (non-hydrogen) atoms. The van der Waals surface area contributed by atoms with Gasteiger partial charge in [-0.15, -0.1) is 11.3 Å². The Bertz CT molecular complexity index is 744. The predicted molar refractivity (Wildman–Crippen MR) is 82.5 cm³/mol. The van der Waals surface area contributed by atoms with Crippen molar-refractivity contribution in [1.29, 1.82) is 0 Å². The van der Waals surface area contributed by atoms with Crippen molar-refractivity contribution in [1.82, 2.24) is 4.57 Å². The molecule has 0 fully saturated rings. The van der Waals surface area contributed by atoms with Crippen LogP contribution in [-0.4, -0.2) is 15.6 Å². The second-order valence-electron chi connectivity index (χ2n) is 4.60. The number of fused-ring (bicyclic) bond motifs is 1. The maximum Gasteiger partial charge on any atom is 0.170 e. The molecule has 0 bridgehead atoms. The molecule has 3 aromatic rings. The maximum absolute atomic E-state index is 8.77. The van der Waals surface area contributed by atoms with Gasteiger partial charge in [0.2, 0.25) is 0 Å². The number of aryl methyl sites for hydroxylation is 2. The van der Waals surface area contributed by atoms with Crippen LogP contribution in [0.5, 0.6) is 0 Å². The minimum absolute atomic E-state index is 0.137. The van der Waals surface area contributed by atoms with E-state index >= 15 is 0 Å². The molecule has 0 amide bonds. The van der Waals surface area contributed by atoms with Crippen molar-refractivity contribution in [2.75, 3.05) is 0 Å². The van der Waals surface area contributed by atoms with Gasteiger partial charge in [-0.05, 0) is 35.4 Å². The third-order valence-electron chi connectivity index (χ3n) is 3.36. The number of nitrogens with two attached hydrogens (primary N) is 1. The number of rotatable bonds is 4. The standard InChI is InChI=1S/C15H15N3OS/c16-15(17-19)12-4-3-11-5-7-18(14(11)10-12)8-6-13-2-1-9-20-13/h1-5,7,9-10,19H,6,8H2,(H2,16,17). The zero-order valence-electron chi connectivity index (χ0n) is 10.9. The van der Waals surface area contributed by atoms with E-state index in [0.717, 1.165) is 29.4 Å². The lowest BCUT2D eigenvalue weighted by Gasteiger charge is -2.06. The molecule has 0 radical (unpaired) electrons. The maximum atomic E-state index is 8.77. The third kappa shape index (κ3) is 2.40. The molecule has 0 spiro atoms. The second kappa shape index (κ2) is 5.38. The number of hydrogen-bond donors (Lipinski definition) is 2. The topological polar surface area (TPSA) is 63.5 Å². The van der Waals surface area contributed by atoms with E-state index in [1.807, 2.05) is 18.2 Å². The van der Waals surface area contributed by atoms with Gasteiger partial charge in [-0.25, -0.2) is 0 Å². The van der Waals surface area contributed by atoms with Crippen LogP contribution in [0.2, 0.25) is 0 Å². The largest absolute Gasteiger partial charge is 0.409 e. The van der Waals surface area contributed by atoms with Crippen molar-refractivity contribution in [2.45, 2.75) is 13.0 Å². The van der Waals surface area contributed by atoms with Crippen LogP contribution in [0.15, 0.2) is 53.1 Å². The van der Waals surface area contributed by atoms with Gasteiger partial charge < -0.3 is 15.5 Å². The van der Waals surface area contributed by atoms with Crippen molar-refractivity contribution in [3.63, 3.8) is 0 Å². The highest BCUT2D eigenvalue weighted by Gasteiger charge is 2.05. The average molecular weight is 285 g/mol. The van der Waals surface area contributed by atoms with E-state index in [1.54, 1.807) is 11.3 Å². The van der Waals surface area contributed by atoms with Crippen LogP contribution >= 0.6 is 11.3 Å². The van der Waals surface area contributed by atoms with Gasteiger partial charge in [0.15, 0.2) is 5.84 Å². The fourth-order valence-corrected chi connectivity index (χ4v) is 2.98. The first kappa shape index (κ1) is 12.7. The normalized spacial score (nSPS) is 12.1. The highest BCUT2D eigenvalue weighted by molar-refractivity contribution is 7.09. The Balaban J connectivity index is 1.90. The Morgan fingerprint density at radius 2 is 2.20 bits per heavy atom. The van der Waals surface area contributed by atoms with Crippen molar-refractivity contribution < 1.29 is 5.21 Å². The fraction of sp³-hybridized carbons (Fsp3) is 0.133. The zero-order chi connectivity index (χ0) is 13.9. The van der Waals surface area contributed by atoms with Gasteiger partial charge in [-0.1, -0.05) is 23.4 Å². The van der Waals surface area contributed by atoms with E-state index < -0.39 is 0 Å². The van der Waals surface area contributed by atoms with Crippen LogP contribution in [0.25, 0.3) is 10.9 Å². The summed E-state index contributed by atoms with van der Waals surface area (Å²) in [5.74, 6) is 0.137. The van der Waals surface area contributed by atoms with Crippen LogP contribution in [0.3, 0.4) is 0 Å². The molecule has 0 atom stereocenters. The molecule has 0 saturated heterocycles. The first-order chi connectivity index (χ1) is 9.78. The molecule has 3 N–H and O–H groups in total. The summed E-state index contributed by atoms with van der Waals surface area (Å²) in [5.41, 5.74) is 7.48. The number of oxime groups is 1. The molecule has 0 aliphatic carbocycles. The molecule has 1 aromatic carbocycles. The van der Waals surface area contributed by atoms with E-state index in [2.05, 4.69) is 39.5 Å². The van der Waals surface area contributed by atoms with Crippen LogP contribution in [0, 0.1) is 0 Å². The van der Waals surface area contributed by atoms with E-state index in [4.69, 9.17) is 10.9 Å². The van der Waals surface area contributed by atoms with Gasteiger partial charge >= 0.3 is 0 Å². The monoisotopic (exact) mass is 285 g/mol. The summed E-state index contributed by atoms with van der Waals surface area (Å²) in [5, 5.41) is 15.1. The molecule has 0 aliphatic rings. The van der Waals surface area contributed by atoms with Crippen molar-refractivity contribution in [3.05, 3.63) is 58.4 Å². The minimum atomic E-state index is 0.137. The molecule has 3 rings (SSSR count). The van der Waals surface area contributed by atoms with Crippen molar-refractivity contribution in [2.24, 2.45) is 10.9 Å². The zero-order valence-corrected chi connectivity index (χ0v) is 11.7. The summed E-state index contributed by atoms with van der Waals surface area (Å²) in [4.78, 5) is 1.37. The second-order valence-corrected chi connectivity index (χ2v) is 5.63. The number of aromatic nitrogens is 1. The van der Waals surface area contributed by atoms with Gasteiger partial charge in [-0.3, -0.25) is 0 Å². The lowest BCUT2D eigenvalue weighted by molar-refractivity contribution is 0.318. The SMILES string of the molecule is N/C(=N/O)c1ccc2ccn(CCc3cccs3)c2c1. The first-order valence-corrected chi connectivity index (χ1v) is 7.25. The smallest absolute Gasteiger partial charge is 0.170 e. The summed E-state index contributed by atoms with van der Waals surface area (Å²) in [6, 6.07) is 12.1. The lowest BCUT2D eigenvalue weighted by Crippen LogP contribution is -2.13. The van der Waals surface area contributed by atoms with Crippen LogP contribution in [0.1, 0.15) is 10.4 Å². The Hall–Kier alpha value is -2.27. The Kier molecular flexibility index (Phi) is 3.43. The predicted octanol–water partition coefficient (Wildman–Crippen LogP) is 3.04. The summed E-state index contributed by atoms with van der Waals surface area (Å²) in [6.07, 6.45) is 3.09. The van der Waals surface area contributed by atoms with E-state index in [9.17, 15) is 0 Å². The van der Waals surface area contributed by atoms with Gasteiger partial charge in [0, 0.05) is 28.7 Å². The first-order valence-electron chi connectivity index (χ1n) is 6.37. The fourth-order valence-electron chi connectivity index (χ4n) is 2.28. The molecule has 2 aromatic heterocycles. The number of benzene rings is 1. The number of nitrogens with zero attached hydrogens (tertiary/aromatic N) is 2. The summed E-state index contributed by atoms with van der Waals surface area (Å²) < 4.78 is 2.20. The number of thiophene rings is 1. The highest BCUT2D eigenvalue weighted by Crippen LogP contribution is 2.19. The molecule has 0 saturated carbocycles. The molecule has 2 heterocycles. The summed E-state index contributed by atoms with van der Waals surface area (Å²) >= 11 is 1.78. The molecule has 102 valence electrons. The molecule has 0 unspecified atom stereocenters. The molecular weight excluding hydrogens is 270 g/mol. The van der Waals surface area contributed by atoms with Gasteiger partial charge in [0.05, 0.1) is 0 Å². The number of hydrogen-bond acceptors (Lipinski definition) is 3. The van der Waals surface area contributed by atoms with E-state index in [1.165, 1.54) is 4.88 Å². The lowest BCUT2D eigenvalue weighted by atomic mass is 10.1. The van der Waals surface area contributed by atoms with Gasteiger partial charge in [0.25, 0.3) is 0 Å². The van der Waals surface area contributed by atoms with E-state index in [0.29, 0.717) is 0 Å². The average Bonchev–Trinajstić information content (AvgIpc) is 3.13. The Morgan fingerprint density at radius 3 is 2.95 bits per heavy atom. The Labute approximate surface area is 120 Å². The molecule has 5 heteroatoms. The van der Waals surface area contributed by atoms with Gasteiger partial charge in [-0.2, -0.15) is 0 Å². The van der Waals surface area contributed by atoms with Crippen LogP contribution in [-0.2, 0) is 13.0 Å². The highest BCUT2D eigenvalue weighted by atomic mass is 32.1. The Morgan fingerprint density at radius 1 is 1.30 bits per heavy atom. The van der Waals surface area contributed by atoms with Crippen LogP contribution in [0.4, 0.5) is 0 Å². The molecular formula is C15H15N3OS. The summed E-state index contributed by atoms with van der Waals surface area (Å²) in [7, 11) is 0. The molecule has 0 aliphatic heterocycles. The third-order valence-corrected chi connectivity index (χ3v) is 4.29. The van der Waals surface area contributed by atoms with E-state index in [-0.39, 0.29) is 5.84 Å². The van der Waals surface area contributed by atoms with Crippen LogP contribution < -0.4 is 5.73 Å². The minimum Gasteiger partial charge on any atom is -0.409 e. The van der Waals surface area contributed by atoms with Gasteiger partial charge in [0.1, 0.15) is 0 Å². The molecule has 4 nitrogen and oxygen atoms in total. The van der Waals surface area contributed by atoms with Crippen molar-refractivity contribution in [3.8, 4) is 0 Å². The van der Waals surface area contributed by atoms with Crippen molar-refractivity contribution >= 4 is 28.1 Å². The number of amidine groups is 1. The quantitative estimate of drug-likeness (QED) is 0.335.